The van der Waals surface area contributed by atoms with Gasteiger partial charge in [0, 0.05) is 18.1 Å². The van der Waals surface area contributed by atoms with Crippen molar-refractivity contribution in [3.8, 4) is 5.75 Å². The van der Waals surface area contributed by atoms with Crippen molar-refractivity contribution in [3.05, 3.63) is 59.1 Å². The summed E-state index contributed by atoms with van der Waals surface area (Å²) in [7, 11) is -3.84. The largest absolute Gasteiger partial charge is 0.492 e. The number of benzene rings is 2. The number of carbonyl (C=O) groups excluding carboxylic acids is 2. The average Bonchev–Trinajstić information content (AvgIpc) is 2.79. The van der Waals surface area contributed by atoms with Crippen LogP contribution in [0.1, 0.15) is 32.8 Å². The number of nitrogens with zero attached hydrogens (tertiary/aromatic N) is 2. The standard InChI is InChI=1S/C24H32ClN3O5S/c1-5-14-26-24(30)18(3)27(16-19-10-9-11-20(25)15-19)23(29)17-28(34(4,31)32)21-12-7-8-13-22(21)33-6-2/h7-13,15,18H,5-6,14,16-17H2,1-4H3,(H,26,30)/t18-/m1/s1. The summed E-state index contributed by atoms with van der Waals surface area (Å²) in [6.45, 7) is 5.74. The van der Waals surface area contributed by atoms with Crippen molar-refractivity contribution in [1.29, 1.82) is 0 Å². The summed E-state index contributed by atoms with van der Waals surface area (Å²) in [6.07, 6.45) is 1.78. The monoisotopic (exact) mass is 509 g/mol. The van der Waals surface area contributed by atoms with Gasteiger partial charge in [0.05, 0.1) is 18.6 Å². The zero-order valence-electron chi connectivity index (χ0n) is 20.0. The second kappa shape index (κ2) is 12.6. The molecule has 8 nitrogen and oxygen atoms in total. The van der Waals surface area contributed by atoms with Crippen molar-refractivity contribution in [2.45, 2.75) is 39.8 Å². The zero-order valence-corrected chi connectivity index (χ0v) is 21.5. The lowest BCUT2D eigenvalue weighted by Gasteiger charge is -2.32. The van der Waals surface area contributed by atoms with Crippen molar-refractivity contribution in [2.75, 3.05) is 30.3 Å². The average molecular weight is 510 g/mol. The lowest BCUT2D eigenvalue weighted by atomic mass is 10.1. The van der Waals surface area contributed by atoms with E-state index in [0.29, 0.717) is 23.9 Å². The molecule has 10 heteroatoms. The van der Waals surface area contributed by atoms with E-state index < -0.39 is 28.5 Å². The molecule has 0 aliphatic carbocycles. The van der Waals surface area contributed by atoms with Crippen LogP contribution >= 0.6 is 11.6 Å². The summed E-state index contributed by atoms with van der Waals surface area (Å²) >= 11 is 6.11. The van der Waals surface area contributed by atoms with Gasteiger partial charge in [-0.2, -0.15) is 0 Å². The Labute approximate surface area is 206 Å². The molecule has 0 bridgehead atoms. The van der Waals surface area contributed by atoms with Crippen molar-refractivity contribution >= 4 is 39.1 Å². The summed E-state index contributed by atoms with van der Waals surface area (Å²) in [6, 6.07) is 12.8. The minimum Gasteiger partial charge on any atom is -0.492 e. The number of amides is 2. The molecule has 2 aromatic rings. The van der Waals surface area contributed by atoms with E-state index in [2.05, 4.69) is 5.32 Å². The van der Waals surface area contributed by atoms with Gasteiger partial charge in [-0.15, -0.1) is 0 Å². The maximum Gasteiger partial charge on any atom is 0.244 e. The molecule has 0 heterocycles. The molecular weight excluding hydrogens is 478 g/mol. The van der Waals surface area contributed by atoms with Gasteiger partial charge in [-0.25, -0.2) is 8.42 Å². The number of rotatable bonds is 12. The third-order valence-electron chi connectivity index (χ3n) is 5.07. The van der Waals surface area contributed by atoms with Crippen LogP contribution in [0.25, 0.3) is 0 Å². The van der Waals surface area contributed by atoms with Gasteiger partial charge in [0.25, 0.3) is 0 Å². The number of hydrogen-bond donors (Lipinski definition) is 1. The maximum absolute atomic E-state index is 13.5. The number of ether oxygens (including phenoxy) is 1. The lowest BCUT2D eigenvalue weighted by molar-refractivity contribution is -0.139. The number of carbonyl (C=O) groups is 2. The van der Waals surface area contributed by atoms with Gasteiger partial charge in [-0.1, -0.05) is 42.8 Å². The summed E-state index contributed by atoms with van der Waals surface area (Å²) in [4.78, 5) is 27.6. The maximum atomic E-state index is 13.5. The number of hydrogen-bond acceptors (Lipinski definition) is 5. The van der Waals surface area contributed by atoms with Gasteiger partial charge >= 0.3 is 0 Å². The Morgan fingerprint density at radius 1 is 1.12 bits per heavy atom. The lowest BCUT2D eigenvalue weighted by Crippen LogP contribution is -2.51. The van der Waals surface area contributed by atoms with Gasteiger partial charge in [-0.3, -0.25) is 13.9 Å². The number of sulfonamides is 1. The predicted octanol–water partition coefficient (Wildman–Crippen LogP) is 3.45. The highest BCUT2D eigenvalue weighted by Gasteiger charge is 2.31. The van der Waals surface area contributed by atoms with Gasteiger partial charge in [-0.05, 0) is 50.1 Å². The molecule has 2 aromatic carbocycles. The van der Waals surface area contributed by atoms with Crippen LogP contribution in [-0.4, -0.2) is 57.1 Å². The highest BCUT2D eigenvalue weighted by Crippen LogP contribution is 2.30. The molecule has 0 saturated heterocycles. The van der Waals surface area contributed by atoms with Crippen LogP contribution in [0.2, 0.25) is 5.02 Å². The molecule has 0 radical (unpaired) electrons. The van der Waals surface area contributed by atoms with Crippen molar-refractivity contribution < 1.29 is 22.7 Å². The summed E-state index contributed by atoms with van der Waals surface area (Å²) in [5.74, 6) is -0.507. The third-order valence-corrected chi connectivity index (χ3v) is 6.43. The van der Waals surface area contributed by atoms with Gasteiger partial charge in [0.2, 0.25) is 21.8 Å². The van der Waals surface area contributed by atoms with Crippen LogP contribution < -0.4 is 14.4 Å². The number of para-hydroxylation sites is 2. The SMILES string of the molecule is CCCNC(=O)[C@@H](C)N(Cc1cccc(Cl)c1)C(=O)CN(c1ccccc1OCC)S(C)(=O)=O. The fourth-order valence-corrected chi connectivity index (χ4v) is 4.41. The normalized spacial score (nSPS) is 12.0. The van der Waals surface area contributed by atoms with Crippen molar-refractivity contribution in [1.82, 2.24) is 10.2 Å². The molecule has 34 heavy (non-hydrogen) atoms. The van der Waals surface area contributed by atoms with E-state index in [1.54, 1.807) is 62.4 Å². The van der Waals surface area contributed by atoms with E-state index in [-0.39, 0.29) is 18.1 Å². The highest BCUT2D eigenvalue weighted by atomic mass is 35.5. The van der Waals surface area contributed by atoms with Crippen LogP contribution in [0.4, 0.5) is 5.69 Å². The van der Waals surface area contributed by atoms with Crippen molar-refractivity contribution in [2.24, 2.45) is 0 Å². The molecule has 0 saturated carbocycles. The predicted molar refractivity (Wildman–Crippen MR) is 135 cm³/mol. The zero-order chi connectivity index (χ0) is 25.3. The van der Waals surface area contributed by atoms with Crippen LogP contribution in [0.15, 0.2) is 48.5 Å². The first-order valence-electron chi connectivity index (χ1n) is 11.1. The minimum absolute atomic E-state index is 0.0881. The number of halogens is 1. The molecule has 0 aliphatic heterocycles. The molecule has 1 N–H and O–H groups in total. The van der Waals surface area contributed by atoms with Gasteiger partial charge in [0.15, 0.2) is 0 Å². The topological polar surface area (TPSA) is 96.0 Å². The fraction of sp³-hybridized carbons (Fsp3) is 0.417. The van der Waals surface area contributed by atoms with E-state index in [0.717, 1.165) is 22.5 Å². The first-order valence-corrected chi connectivity index (χ1v) is 13.3. The Hall–Kier alpha value is -2.78. The molecule has 1 atom stereocenters. The summed E-state index contributed by atoms with van der Waals surface area (Å²) in [5, 5.41) is 3.29. The molecule has 0 spiro atoms. The second-order valence-electron chi connectivity index (χ2n) is 7.79. The molecule has 2 rings (SSSR count). The van der Waals surface area contributed by atoms with E-state index in [9.17, 15) is 18.0 Å². The molecule has 0 fully saturated rings. The Morgan fingerprint density at radius 2 is 1.82 bits per heavy atom. The van der Waals surface area contributed by atoms with Gasteiger partial charge < -0.3 is 15.0 Å². The second-order valence-corrected chi connectivity index (χ2v) is 10.1. The molecule has 0 aliphatic rings. The first-order chi connectivity index (χ1) is 16.1. The van der Waals surface area contributed by atoms with E-state index in [4.69, 9.17) is 16.3 Å². The quantitative estimate of drug-likeness (QED) is 0.472. The Bertz CT molecular complexity index is 1090. The van der Waals surface area contributed by atoms with E-state index >= 15 is 0 Å². The van der Waals surface area contributed by atoms with Crippen LogP contribution in [0.3, 0.4) is 0 Å². The Balaban J connectivity index is 2.42. The van der Waals surface area contributed by atoms with E-state index in [1.807, 2.05) is 6.92 Å². The molecule has 186 valence electrons. The van der Waals surface area contributed by atoms with E-state index in [1.165, 1.54) is 4.90 Å². The smallest absolute Gasteiger partial charge is 0.244 e. The number of nitrogens with one attached hydrogen (secondary N) is 1. The van der Waals surface area contributed by atoms with Gasteiger partial charge in [0.1, 0.15) is 18.3 Å². The first kappa shape index (κ1) is 27.5. The molecule has 2 amide bonds. The third kappa shape index (κ3) is 7.63. The summed E-state index contributed by atoms with van der Waals surface area (Å²) < 4.78 is 32.0. The molecule has 0 aromatic heterocycles. The van der Waals surface area contributed by atoms with Crippen LogP contribution in [-0.2, 0) is 26.2 Å². The van der Waals surface area contributed by atoms with Crippen LogP contribution in [0, 0.1) is 0 Å². The fourth-order valence-electron chi connectivity index (χ4n) is 3.35. The molecular formula is C24H32ClN3O5S. The van der Waals surface area contributed by atoms with Crippen LogP contribution in [0.5, 0.6) is 5.75 Å². The Morgan fingerprint density at radius 3 is 2.44 bits per heavy atom. The number of anilines is 1. The minimum atomic E-state index is -3.84. The molecule has 0 unspecified atom stereocenters. The summed E-state index contributed by atoms with van der Waals surface area (Å²) in [5.41, 5.74) is 0.975. The highest BCUT2D eigenvalue weighted by molar-refractivity contribution is 7.92. The Kier molecular flexibility index (Phi) is 10.2. The van der Waals surface area contributed by atoms with Crippen molar-refractivity contribution in [3.63, 3.8) is 0 Å².